The number of nitrogens with two attached hydrogens (primary N) is 1. The average molecular weight is 256 g/mol. The first-order chi connectivity index (χ1) is 6.61. The van der Waals surface area contributed by atoms with Crippen molar-refractivity contribution in [2.45, 2.75) is 18.4 Å². The van der Waals surface area contributed by atoms with Gasteiger partial charge in [-0.25, -0.2) is 0 Å². The molecular weight excluding hydrogens is 246 g/mol. The predicted molar refractivity (Wildman–Crippen MR) is 56.1 cm³/mol. The Labute approximate surface area is 90.0 Å². The van der Waals surface area contributed by atoms with Gasteiger partial charge in [0, 0.05) is 10.5 Å². The molecule has 0 saturated carbocycles. The van der Waals surface area contributed by atoms with Gasteiger partial charge in [-0.3, -0.25) is 4.79 Å². The molecule has 74 valence electrons. The lowest BCUT2D eigenvalue weighted by atomic mass is 10.0. The Morgan fingerprint density at radius 1 is 1.57 bits per heavy atom. The van der Waals surface area contributed by atoms with Crippen molar-refractivity contribution in [2.75, 3.05) is 0 Å². The van der Waals surface area contributed by atoms with Crippen LogP contribution in [0.2, 0.25) is 0 Å². The highest BCUT2D eigenvalue weighted by molar-refractivity contribution is 9.10. The molecule has 0 radical (unpaired) electrons. The fourth-order valence-electron chi connectivity index (χ4n) is 1.97. The third-order valence-corrected chi connectivity index (χ3v) is 3.31. The molecule has 2 rings (SSSR count). The van der Waals surface area contributed by atoms with Crippen LogP contribution in [0, 0.1) is 0 Å². The van der Waals surface area contributed by atoms with Crippen LogP contribution in [0.4, 0.5) is 0 Å². The van der Waals surface area contributed by atoms with Crippen LogP contribution < -0.4 is 5.73 Å². The summed E-state index contributed by atoms with van der Waals surface area (Å²) < 4.78 is 0.843. The third kappa shape index (κ3) is 1.35. The second kappa shape index (κ2) is 3.37. The average Bonchev–Trinajstić information content (AvgIpc) is 2.46. The molecule has 0 aromatic heterocycles. The van der Waals surface area contributed by atoms with Gasteiger partial charge in [0.15, 0.2) is 0 Å². The van der Waals surface area contributed by atoms with Gasteiger partial charge < -0.3 is 10.8 Å². The molecule has 4 heteroatoms. The summed E-state index contributed by atoms with van der Waals surface area (Å²) in [5.74, 6) is -1.26. The molecule has 2 unspecified atom stereocenters. The molecule has 0 saturated heterocycles. The van der Waals surface area contributed by atoms with E-state index in [-0.39, 0.29) is 6.04 Å². The van der Waals surface area contributed by atoms with Crippen molar-refractivity contribution >= 4 is 21.9 Å². The molecule has 3 N–H and O–H groups in total. The fraction of sp³-hybridized carbons (Fsp3) is 0.300. The Balaban J connectivity index is 2.56. The van der Waals surface area contributed by atoms with Gasteiger partial charge >= 0.3 is 5.97 Å². The van der Waals surface area contributed by atoms with Gasteiger partial charge in [0.25, 0.3) is 0 Å². The number of halogens is 1. The topological polar surface area (TPSA) is 63.3 Å². The highest BCUT2D eigenvalue weighted by Crippen LogP contribution is 2.42. The summed E-state index contributed by atoms with van der Waals surface area (Å²) in [7, 11) is 0. The molecule has 1 aliphatic rings. The standard InChI is InChI=1S/C10H10BrNO2/c11-7-3-1-2-5-8(12)4-6(9(5)7)10(13)14/h1-3,6,8H,4,12H2,(H,13,14). The van der Waals surface area contributed by atoms with Crippen molar-refractivity contribution in [1.29, 1.82) is 0 Å². The number of carboxylic acids is 1. The number of fused-ring (bicyclic) bond motifs is 1. The van der Waals surface area contributed by atoms with Crippen molar-refractivity contribution in [2.24, 2.45) is 5.73 Å². The van der Waals surface area contributed by atoms with Crippen molar-refractivity contribution in [1.82, 2.24) is 0 Å². The zero-order valence-corrected chi connectivity index (χ0v) is 8.99. The van der Waals surface area contributed by atoms with Crippen molar-refractivity contribution in [3.63, 3.8) is 0 Å². The van der Waals surface area contributed by atoms with E-state index in [1.807, 2.05) is 18.2 Å². The summed E-state index contributed by atoms with van der Waals surface area (Å²) in [5.41, 5.74) is 7.65. The summed E-state index contributed by atoms with van der Waals surface area (Å²) >= 11 is 3.36. The Hall–Kier alpha value is -0.870. The van der Waals surface area contributed by atoms with Crippen LogP contribution >= 0.6 is 15.9 Å². The van der Waals surface area contributed by atoms with E-state index in [4.69, 9.17) is 10.8 Å². The molecule has 0 heterocycles. The van der Waals surface area contributed by atoms with Gasteiger partial charge in [0.1, 0.15) is 0 Å². The molecule has 1 aromatic rings. The smallest absolute Gasteiger partial charge is 0.311 e. The van der Waals surface area contributed by atoms with Crippen LogP contribution in [0.1, 0.15) is 29.5 Å². The Morgan fingerprint density at radius 3 is 2.93 bits per heavy atom. The molecule has 2 atom stereocenters. The quantitative estimate of drug-likeness (QED) is 0.807. The highest BCUT2D eigenvalue weighted by Gasteiger charge is 2.34. The Kier molecular flexibility index (Phi) is 2.33. The first-order valence-corrected chi connectivity index (χ1v) is 5.17. The van der Waals surface area contributed by atoms with Crippen LogP contribution in [0.25, 0.3) is 0 Å². The largest absolute Gasteiger partial charge is 0.481 e. The van der Waals surface area contributed by atoms with Gasteiger partial charge in [-0.1, -0.05) is 28.1 Å². The molecule has 1 aromatic carbocycles. The maximum Gasteiger partial charge on any atom is 0.311 e. The summed E-state index contributed by atoms with van der Waals surface area (Å²) in [6.07, 6.45) is 0.493. The van der Waals surface area contributed by atoms with E-state index in [2.05, 4.69) is 15.9 Å². The van der Waals surface area contributed by atoms with Crippen LogP contribution in [0.3, 0.4) is 0 Å². The first-order valence-electron chi connectivity index (χ1n) is 4.38. The molecule has 0 amide bonds. The van der Waals surface area contributed by atoms with Crippen LogP contribution in [-0.4, -0.2) is 11.1 Å². The number of aliphatic carboxylic acids is 1. The van der Waals surface area contributed by atoms with Crippen LogP contribution in [-0.2, 0) is 4.79 Å². The molecule has 0 aliphatic heterocycles. The summed E-state index contributed by atoms with van der Waals surface area (Å²) in [5, 5.41) is 9.03. The van der Waals surface area contributed by atoms with Gasteiger partial charge in [-0.15, -0.1) is 0 Å². The lowest BCUT2D eigenvalue weighted by Gasteiger charge is -2.07. The molecule has 0 fully saturated rings. The molecular formula is C10H10BrNO2. The lowest BCUT2D eigenvalue weighted by Crippen LogP contribution is -2.10. The molecule has 3 nitrogen and oxygen atoms in total. The number of carboxylic acid groups (broad SMARTS) is 1. The van der Waals surface area contributed by atoms with E-state index < -0.39 is 11.9 Å². The predicted octanol–water partition coefficient (Wildman–Crippen LogP) is 2.02. The maximum absolute atomic E-state index is 11.0. The van der Waals surface area contributed by atoms with Gasteiger partial charge in [0.05, 0.1) is 5.92 Å². The molecule has 0 spiro atoms. The zero-order chi connectivity index (χ0) is 10.3. The summed E-state index contributed by atoms with van der Waals surface area (Å²) in [6.45, 7) is 0. The number of benzene rings is 1. The van der Waals surface area contributed by atoms with Crippen molar-refractivity contribution in [3.8, 4) is 0 Å². The highest BCUT2D eigenvalue weighted by atomic mass is 79.9. The lowest BCUT2D eigenvalue weighted by molar-refractivity contribution is -0.138. The maximum atomic E-state index is 11.0. The Bertz CT molecular complexity index is 392. The van der Waals surface area contributed by atoms with E-state index >= 15 is 0 Å². The third-order valence-electron chi connectivity index (χ3n) is 2.62. The van der Waals surface area contributed by atoms with Crippen LogP contribution in [0.5, 0.6) is 0 Å². The first kappa shape index (κ1) is 9.68. The number of rotatable bonds is 1. The zero-order valence-electron chi connectivity index (χ0n) is 7.40. The Morgan fingerprint density at radius 2 is 2.29 bits per heavy atom. The van der Waals surface area contributed by atoms with E-state index in [1.165, 1.54) is 0 Å². The summed E-state index contributed by atoms with van der Waals surface area (Å²) in [6, 6.07) is 5.48. The monoisotopic (exact) mass is 255 g/mol. The van der Waals surface area contributed by atoms with Gasteiger partial charge in [-0.05, 0) is 23.6 Å². The van der Waals surface area contributed by atoms with Crippen molar-refractivity contribution in [3.05, 3.63) is 33.8 Å². The van der Waals surface area contributed by atoms with Gasteiger partial charge in [0.2, 0.25) is 0 Å². The fourth-order valence-corrected chi connectivity index (χ4v) is 2.63. The van der Waals surface area contributed by atoms with Crippen molar-refractivity contribution < 1.29 is 9.90 Å². The van der Waals surface area contributed by atoms with E-state index in [1.54, 1.807) is 0 Å². The van der Waals surface area contributed by atoms with Gasteiger partial charge in [-0.2, -0.15) is 0 Å². The second-order valence-corrected chi connectivity index (χ2v) is 4.33. The molecule has 14 heavy (non-hydrogen) atoms. The van der Waals surface area contributed by atoms with E-state index in [0.717, 1.165) is 15.6 Å². The number of hydrogen-bond donors (Lipinski definition) is 2. The minimum Gasteiger partial charge on any atom is -0.481 e. The SMILES string of the molecule is NC1CC(C(=O)O)c2c(Br)cccc21. The van der Waals surface area contributed by atoms with E-state index in [0.29, 0.717) is 6.42 Å². The number of hydrogen-bond acceptors (Lipinski definition) is 2. The second-order valence-electron chi connectivity index (χ2n) is 3.48. The summed E-state index contributed by atoms with van der Waals surface area (Å²) in [4.78, 5) is 11.0. The molecule has 1 aliphatic carbocycles. The minimum atomic E-state index is -0.800. The minimum absolute atomic E-state index is 0.149. The van der Waals surface area contributed by atoms with Crippen LogP contribution in [0.15, 0.2) is 22.7 Å². The van der Waals surface area contributed by atoms with E-state index in [9.17, 15) is 4.79 Å². The molecule has 0 bridgehead atoms. The number of carbonyl (C=O) groups is 1. The normalized spacial score (nSPS) is 24.7.